The SMILES string of the molecule is CCOc1c(Cl)cccc1NCC(O)CCl. The van der Waals surface area contributed by atoms with Crippen LogP contribution in [0.5, 0.6) is 5.75 Å². The summed E-state index contributed by atoms with van der Waals surface area (Å²) < 4.78 is 5.42. The first-order valence-electron chi connectivity index (χ1n) is 5.08. The Morgan fingerprint density at radius 2 is 2.25 bits per heavy atom. The molecule has 5 heteroatoms. The average molecular weight is 264 g/mol. The van der Waals surface area contributed by atoms with E-state index in [1.165, 1.54) is 0 Å². The van der Waals surface area contributed by atoms with Gasteiger partial charge < -0.3 is 15.2 Å². The number of aliphatic hydroxyl groups is 1. The summed E-state index contributed by atoms with van der Waals surface area (Å²) >= 11 is 11.5. The minimum Gasteiger partial charge on any atom is -0.490 e. The van der Waals surface area contributed by atoms with Crippen molar-refractivity contribution >= 4 is 28.9 Å². The standard InChI is InChI=1S/C11H15Cl2NO2/c1-2-16-11-9(13)4-3-5-10(11)14-7-8(15)6-12/h3-5,8,14-15H,2,6-7H2,1H3. The highest BCUT2D eigenvalue weighted by molar-refractivity contribution is 6.32. The van der Waals surface area contributed by atoms with Crippen LogP contribution in [0.3, 0.4) is 0 Å². The zero-order valence-electron chi connectivity index (χ0n) is 9.04. The quantitative estimate of drug-likeness (QED) is 0.776. The predicted molar refractivity (Wildman–Crippen MR) is 67.8 cm³/mol. The molecule has 2 N–H and O–H groups in total. The van der Waals surface area contributed by atoms with Crippen LogP contribution in [0.2, 0.25) is 5.02 Å². The summed E-state index contributed by atoms with van der Waals surface area (Å²) in [5.74, 6) is 0.797. The Morgan fingerprint density at radius 1 is 1.50 bits per heavy atom. The second-order valence-electron chi connectivity index (χ2n) is 3.24. The van der Waals surface area contributed by atoms with Gasteiger partial charge in [0, 0.05) is 6.54 Å². The third kappa shape index (κ3) is 3.74. The van der Waals surface area contributed by atoms with E-state index in [0.717, 1.165) is 5.69 Å². The van der Waals surface area contributed by atoms with Crippen molar-refractivity contribution in [2.75, 3.05) is 24.3 Å². The van der Waals surface area contributed by atoms with Crippen LogP contribution < -0.4 is 10.1 Å². The Kier molecular flexibility index (Phi) is 5.74. The Balaban J connectivity index is 2.74. The minimum absolute atomic E-state index is 0.192. The van der Waals surface area contributed by atoms with Crippen LogP contribution in [-0.2, 0) is 0 Å². The maximum Gasteiger partial charge on any atom is 0.160 e. The minimum atomic E-state index is -0.588. The van der Waals surface area contributed by atoms with Gasteiger partial charge in [-0.05, 0) is 19.1 Å². The average Bonchev–Trinajstić information content (AvgIpc) is 2.29. The van der Waals surface area contributed by atoms with Crippen LogP contribution in [0.15, 0.2) is 18.2 Å². The Morgan fingerprint density at radius 3 is 2.88 bits per heavy atom. The number of hydrogen-bond acceptors (Lipinski definition) is 3. The van der Waals surface area contributed by atoms with E-state index in [0.29, 0.717) is 23.9 Å². The first-order chi connectivity index (χ1) is 7.69. The second kappa shape index (κ2) is 6.84. The van der Waals surface area contributed by atoms with Crippen molar-refractivity contribution in [2.45, 2.75) is 13.0 Å². The molecular weight excluding hydrogens is 249 g/mol. The molecule has 0 aliphatic rings. The van der Waals surface area contributed by atoms with Crippen LogP contribution >= 0.6 is 23.2 Å². The number of hydrogen-bond donors (Lipinski definition) is 2. The highest BCUT2D eigenvalue weighted by Crippen LogP contribution is 2.32. The summed E-state index contributed by atoms with van der Waals surface area (Å²) in [4.78, 5) is 0. The van der Waals surface area contributed by atoms with Gasteiger partial charge in [-0.2, -0.15) is 0 Å². The zero-order chi connectivity index (χ0) is 12.0. The molecule has 0 bridgehead atoms. The fourth-order valence-corrected chi connectivity index (χ4v) is 1.56. The molecule has 1 rings (SSSR count). The van der Waals surface area contributed by atoms with Gasteiger partial charge in [0.2, 0.25) is 0 Å². The van der Waals surface area contributed by atoms with Crippen molar-refractivity contribution in [1.82, 2.24) is 0 Å². The molecule has 0 saturated heterocycles. The molecule has 0 fully saturated rings. The van der Waals surface area contributed by atoms with Gasteiger partial charge in [0.15, 0.2) is 5.75 Å². The maximum absolute atomic E-state index is 9.34. The topological polar surface area (TPSA) is 41.5 Å². The number of rotatable bonds is 6. The smallest absolute Gasteiger partial charge is 0.160 e. The number of ether oxygens (including phenoxy) is 1. The molecule has 1 aromatic carbocycles. The molecule has 3 nitrogen and oxygen atoms in total. The lowest BCUT2D eigenvalue weighted by Crippen LogP contribution is -2.21. The van der Waals surface area contributed by atoms with E-state index in [9.17, 15) is 5.11 Å². The number of halogens is 2. The van der Waals surface area contributed by atoms with E-state index < -0.39 is 6.10 Å². The van der Waals surface area contributed by atoms with Crippen molar-refractivity contribution in [3.63, 3.8) is 0 Å². The normalized spacial score (nSPS) is 12.2. The zero-order valence-corrected chi connectivity index (χ0v) is 10.6. The lowest BCUT2D eigenvalue weighted by atomic mass is 10.2. The first kappa shape index (κ1) is 13.4. The van der Waals surface area contributed by atoms with Gasteiger partial charge in [0.05, 0.1) is 29.3 Å². The summed E-state index contributed by atoms with van der Waals surface area (Å²) in [6.45, 7) is 2.79. The van der Waals surface area contributed by atoms with E-state index in [-0.39, 0.29) is 5.88 Å². The molecule has 1 atom stereocenters. The Labute approximate surface area is 105 Å². The van der Waals surface area contributed by atoms with Gasteiger partial charge in [-0.3, -0.25) is 0 Å². The van der Waals surface area contributed by atoms with Crippen molar-refractivity contribution < 1.29 is 9.84 Å². The molecule has 0 radical (unpaired) electrons. The van der Waals surface area contributed by atoms with Gasteiger partial charge in [-0.25, -0.2) is 0 Å². The predicted octanol–water partition coefficient (Wildman–Crippen LogP) is 2.75. The fourth-order valence-electron chi connectivity index (χ4n) is 1.22. The Bertz CT molecular complexity index is 334. The molecule has 0 aromatic heterocycles. The summed E-state index contributed by atoms with van der Waals surface area (Å²) in [6.07, 6.45) is -0.588. The molecule has 0 aliphatic heterocycles. The molecule has 0 saturated carbocycles. The number of aliphatic hydroxyl groups excluding tert-OH is 1. The molecular formula is C11H15Cl2NO2. The summed E-state index contributed by atoms with van der Waals surface area (Å²) in [5, 5.41) is 12.9. The first-order valence-corrected chi connectivity index (χ1v) is 5.99. The van der Waals surface area contributed by atoms with Crippen molar-refractivity contribution in [1.29, 1.82) is 0 Å². The summed E-state index contributed by atoms with van der Waals surface area (Å²) in [6, 6.07) is 5.42. The molecule has 1 aromatic rings. The van der Waals surface area contributed by atoms with Crippen LogP contribution in [0, 0.1) is 0 Å². The molecule has 0 spiro atoms. The molecule has 0 heterocycles. The van der Waals surface area contributed by atoms with Crippen molar-refractivity contribution in [3.8, 4) is 5.75 Å². The maximum atomic E-state index is 9.34. The van der Waals surface area contributed by atoms with Gasteiger partial charge in [0.25, 0.3) is 0 Å². The molecule has 1 unspecified atom stereocenters. The lowest BCUT2D eigenvalue weighted by Gasteiger charge is -2.15. The molecule has 90 valence electrons. The highest BCUT2D eigenvalue weighted by atomic mass is 35.5. The van der Waals surface area contributed by atoms with Crippen LogP contribution in [-0.4, -0.2) is 30.2 Å². The molecule has 0 amide bonds. The van der Waals surface area contributed by atoms with E-state index in [1.54, 1.807) is 6.07 Å². The van der Waals surface area contributed by atoms with Crippen molar-refractivity contribution in [3.05, 3.63) is 23.2 Å². The van der Waals surface area contributed by atoms with Gasteiger partial charge in [-0.1, -0.05) is 17.7 Å². The molecule has 16 heavy (non-hydrogen) atoms. The number of para-hydroxylation sites is 1. The third-order valence-electron chi connectivity index (χ3n) is 1.96. The highest BCUT2D eigenvalue weighted by Gasteiger charge is 2.09. The van der Waals surface area contributed by atoms with E-state index in [2.05, 4.69) is 5.32 Å². The van der Waals surface area contributed by atoms with E-state index in [1.807, 2.05) is 19.1 Å². The second-order valence-corrected chi connectivity index (χ2v) is 3.95. The van der Waals surface area contributed by atoms with E-state index >= 15 is 0 Å². The Hall–Kier alpha value is -0.640. The summed E-state index contributed by atoms with van der Waals surface area (Å²) in [5.41, 5.74) is 0.763. The lowest BCUT2D eigenvalue weighted by molar-refractivity contribution is 0.211. The van der Waals surface area contributed by atoms with Gasteiger partial charge in [0.1, 0.15) is 0 Å². The van der Waals surface area contributed by atoms with E-state index in [4.69, 9.17) is 27.9 Å². The van der Waals surface area contributed by atoms with Gasteiger partial charge in [-0.15, -0.1) is 11.6 Å². The number of nitrogens with one attached hydrogen (secondary N) is 1. The fraction of sp³-hybridized carbons (Fsp3) is 0.455. The largest absolute Gasteiger partial charge is 0.490 e. The number of benzene rings is 1. The van der Waals surface area contributed by atoms with Crippen LogP contribution in [0.4, 0.5) is 5.69 Å². The number of anilines is 1. The van der Waals surface area contributed by atoms with Gasteiger partial charge >= 0.3 is 0 Å². The van der Waals surface area contributed by atoms with Crippen molar-refractivity contribution in [2.24, 2.45) is 0 Å². The third-order valence-corrected chi connectivity index (χ3v) is 2.62. The summed E-state index contributed by atoms with van der Waals surface area (Å²) in [7, 11) is 0. The molecule has 0 aliphatic carbocycles. The monoisotopic (exact) mass is 263 g/mol. The van der Waals surface area contributed by atoms with Crippen LogP contribution in [0.25, 0.3) is 0 Å². The number of alkyl halides is 1. The van der Waals surface area contributed by atoms with Crippen LogP contribution in [0.1, 0.15) is 6.92 Å².